The number of hydrogen-bond donors (Lipinski definition) is 18. The van der Waals surface area contributed by atoms with Gasteiger partial charge in [0.15, 0.2) is 5.78 Å². The lowest BCUT2D eigenvalue weighted by molar-refractivity contribution is -0.161. The summed E-state index contributed by atoms with van der Waals surface area (Å²) in [5.41, 5.74) is -1.32. The van der Waals surface area contributed by atoms with E-state index in [-0.39, 0.29) is 56.2 Å². The fraction of sp³-hybridized carbons (Fsp3) is 0.725. The first-order chi connectivity index (χ1) is 56.4. The number of Topliss-reactive ketones (excluding diaryl/α,β-unsaturated/α-hetero) is 1. The van der Waals surface area contributed by atoms with Crippen molar-refractivity contribution in [2.75, 3.05) is 93.3 Å². The number of esters is 2. The van der Waals surface area contributed by atoms with Crippen molar-refractivity contribution in [1.29, 1.82) is 0 Å². The molecule has 2 rings (SSSR count). The predicted molar refractivity (Wildman–Crippen MR) is 435 cm³/mol. The molecule has 121 heavy (non-hydrogen) atoms. The largest absolute Gasteiger partial charge is 0.464 e. The Hall–Kier alpha value is -9.78. The van der Waals surface area contributed by atoms with Crippen LogP contribution in [0.4, 0.5) is 9.59 Å². The minimum absolute atomic E-state index is 0.0186. The van der Waals surface area contributed by atoms with Crippen molar-refractivity contribution >= 4 is 94.9 Å². The highest BCUT2D eigenvalue weighted by Gasteiger charge is 2.44. The van der Waals surface area contributed by atoms with Crippen LogP contribution < -0.4 is 58.5 Å². The van der Waals surface area contributed by atoms with E-state index in [1.807, 2.05) is 41.5 Å². The van der Waals surface area contributed by atoms with Gasteiger partial charge in [-0.1, -0.05) is 85.2 Å². The zero-order valence-electron chi connectivity index (χ0n) is 72.8. The summed E-state index contributed by atoms with van der Waals surface area (Å²) >= 11 is 0. The van der Waals surface area contributed by atoms with E-state index in [9.17, 15) is 107 Å². The Morgan fingerprint density at radius 2 is 1.14 bits per heavy atom. The number of carbonyl (C=O) groups is 16. The van der Waals surface area contributed by atoms with Crippen LogP contribution in [-0.4, -0.2) is 329 Å². The quantitative estimate of drug-likeness (QED) is 0.0170. The average Bonchev–Trinajstić information content (AvgIpc) is 1.80. The van der Waals surface area contributed by atoms with Gasteiger partial charge in [0.2, 0.25) is 65.0 Å². The molecule has 0 bridgehead atoms. The molecule has 0 aliphatic carbocycles. The summed E-state index contributed by atoms with van der Waals surface area (Å²) < 4.78 is 21.1. The fourth-order valence-corrected chi connectivity index (χ4v) is 12.8. The molecule has 16 atom stereocenters. The van der Waals surface area contributed by atoms with Crippen LogP contribution in [0.15, 0.2) is 30.3 Å². The van der Waals surface area contributed by atoms with Gasteiger partial charge in [-0.05, 0) is 112 Å². The highest BCUT2D eigenvalue weighted by molar-refractivity contribution is 5.95. The zero-order valence-corrected chi connectivity index (χ0v) is 72.8. The molecule has 1 aliphatic heterocycles. The molecule has 13 amide bonds. The number of benzene rings is 1. The molecule has 0 saturated carbocycles. The maximum atomic E-state index is 14.3. The summed E-state index contributed by atoms with van der Waals surface area (Å²) in [5, 5.41) is 99.4. The van der Waals surface area contributed by atoms with E-state index in [4.69, 9.17) is 24.1 Å². The molecular formula is C80H134N14O27. The van der Waals surface area contributed by atoms with Gasteiger partial charge in [-0.15, -0.1) is 0 Å². The number of amides is 13. The standard InChI is InChI=1S/C80H134N14O27/c1-18-46(6)67(93(17)74(113)65(44(2)3)91-73(112)66(45(4)5)92(15)16)55(97)36-64(106)94-32-22-26-53(94)68(107)47(7)71(110)90-51(34-49-24-20-19-21-25-49)72(111)81-30-23-33-118-75(114)48(8)88-59(101)29-31-82-77(116)119-43-52(89-63(105)41-86-61(103)39-84-60(102)38-85-62(104)40-87-78(117)121-80(12,13)14)54(96)35-50(76(115)120-79(9,10)11)27-28-58(100)83-37-56(98)69(108)70(109)57(99)42-95/h19-21,24-25,44-48,50-53,55-57,65-70,95,97-99,107-109H,18,22-23,26-43H2,1-17H3,(H,81,111)(H,82,116)(H,83,100)(H,84,102)(H,85,104)(H,86,103)(H,87,117)(H,88,101)(H,89,105)(H,90,110)(H,91,112)/t46-,47+,48?,50?,51-,52?,53-,55+,56-,57+,65-,66-,67-,68+,69+,70+/m0/s1. The van der Waals surface area contributed by atoms with E-state index in [1.54, 1.807) is 77.1 Å². The summed E-state index contributed by atoms with van der Waals surface area (Å²) in [6.45, 7) is 17.4. The minimum atomic E-state index is -2.03. The number of likely N-dealkylation sites (tertiary alicyclic amines) is 1. The number of nitrogens with one attached hydrogen (secondary N) is 11. The first-order valence-corrected chi connectivity index (χ1v) is 40.7. The summed E-state index contributed by atoms with van der Waals surface area (Å²) in [4.78, 5) is 217. The highest BCUT2D eigenvalue weighted by atomic mass is 16.6. The fourth-order valence-electron chi connectivity index (χ4n) is 12.8. The van der Waals surface area contributed by atoms with Crippen LogP contribution in [0.3, 0.4) is 0 Å². The van der Waals surface area contributed by atoms with Crippen molar-refractivity contribution in [1.82, 2.24) is 73.2 Å². The van der Waals surface area contributed by atoms with Crippen LogP contribution in [0, 0.1) is 29.6 Å². The average molecular weight is 1720 g/mol. The number of rotatable bonds is 52. The van der Waals surface area contributed by atoms with Crippen molar-refractivity contribution in [3.63, 3.8) is 0 Å². The Balaban J connectivity index is 2.12. The number of ketones is 1. The van der Waals surface area contributed by atoms with Crippen molar-refractivity contribution < 1.29 is 131 Å². The number of alkyl carbamates (subject to hydrolysis) is 2. The summed E-state index contributed by atoms with van der Waals surface area (Å²) in [6, 6.07) is 1.36. The summed E-state index contributed by atoms with van der Waals surface area (Å²) in [7, 11) is 5.11. The van der Waals surface area contributed by atoms with Crippen molar-refractivity contribution in [3.8, 4) is 0 Å². The van der Waals surface area contributed by atoms with Crippen molar-refractivity contribution in [2.24, 2.45) is 29.6 Å². The highest BCUT2D eigenvalue weighted by Crippen LogP contribution is 2.29. The SMILES string of the molecule is CC[C@H](C)[C@@H]([C@H](O)CC(=O)N1CCC[C@H]1[C@H](O)[C@@H](C)C(=O)N[C@@H](Cc1ccccc1)C(=O)NCCCOC(=O)C(C)NC(=O)CCNC(=O)OCC(NC(=O)CNC(=O)CNC(=O)CNC(=O)CNC(=O)OC(C)(C)C)C(=O)CC(CCC(=O)NC[C@H](O)[C@@H](O)[C@H](O)[C@H](O)CO)C(=O)OC(C)(C)C)N(C)C(=O)[C@@H](NC(=O)[C@H](C(C)C)N(C)C)C(C)C. The number of hydrogen-bond acceptors (Lipinski definition) is 28. The van der Waals surface area contributed by atoms with Gasteiger partial charge >= 0.3 is 24.1 Å². The normalized spacial score (nSPS) is 16.6. The molecule has 0 radical (unpaired) electrons. The van der Waals surface area contributed by atoms with Gasteiger partial charge in [-0.2, -0.15) is 0 Å². The van der Waals surface area contributed by atoms with Gasteiger partial charge in [0, 0.05) is 58.9 Å². The first-order valence-electron chi connectivity index (χ1n) is 40.7. The third kappa shape index (κ3) is 40.2. The molecule has 1 fully saturated rings. The van der Waals surface area contributed by atoms with E-state index in [2.05, 4.69) is 58.5 Å². The molecule has 0 aromatic heterocycles. The Morgan fingerprint density at radius 1 is 0.562 bits per heavy atom. The number of likely N-dealkylation sites (N-methyl/N-ethyl adjacent to an activating group) is 2. The van der Waals surface area contributed by atoms with Crippen LogP contribution in [0.1, 0.15) is 160 Å². The van der Waals surface area contributed by atoms with E-state index < -0.39 is 276 Å². The number of ether oxygens (including phenoxy) is 4. The van der Waals surface area contributed by atoms with Gasteiger partial charge in [-0.3, -0.25) is 67.2 Å². The lowest BCUT2D eigenvalue weighted by atomic mass is 9.89. The van der Waals surface area contributed by atoms with E-state index in [0.717, 1.165) is 0 Å². The number of carbonyl (C=O) groups excluding carboxylic acids is 16. The maximum absolute atomic E-state index is 14.3. The zero-order chi connectivity index (χ0) is 91.9. The van der Waals surface area contributed by atoms with Gasteiger partial charge < -0.3 is 123 Å². The molecule has 3 unspecified atom stereocenters. The molecular weight excluding hydrogens is 1590 g/mol. The van der Waals surface area contributed by atoms with Gasteiger partial charge in [0.05, 0.1) is 87.5 Å². The van der Waals surface area contributed by atoms with Crippen molar-refractivity contribution in [3.05, 3.63) is 35.9 Å². The van der Waals surface area contributed by atoms with Gasteiger partial charge in [0.1, 0.15) is 66.8 Å². The molecule has 1 heterocycles. The second kappa shape index (κ2) is 53.2. The van der Waals surface area contributed by atoms with Crippen LogP contribution in [0.5, 0.6) is 0 Å². The van der Waals surface area contributed by atoms with E-state index in [0.29, 0.717) is 24.8 Å². The molecule has 1 aromatic rings. The Labute approximate surface area is 706 Å². The topological polar surface area (TPSA) is 594 Å². The van der Waals surface area contributed by atoms with Crippen LogP contribution in [0.25, 0.3) is 0 Å². The smallest absolute Gasteiger partial charge is 0.408 e. The molecule has 1 saturated heterocycles. The maximum Gasteiger partial charge on any atom is 0.408 e. The summed E-state index contributed by atoms with van der Waals surface area (Å²) in [5.74, 6) is -14.1. The molecule has 41 heteroatoms. The third-order valence-electron chi connectivity index (χ3n) is 19.5. The lowest BCUT2D eigenvalue weighted by Gasteiger charge is -2.40. The Kier molecular flexibility index (Phi) is 47.2. The predicted octanol–water partition coefficient (Wildman–Crippen LogP) is -3.67. The van der Waals surface area contributed by atoms with E-state index in [1.165, 1.54) is 44.4 Å². The Morgan fingerprint density at radius 3 is 1.69 bits per heavy atom. The number of aliphatic hydroxyl groups is 7. The second-order valence-electron chi connectivity index (χ2n) is 33.0. The third-order valence-corrected chi connectivity index (χ3v) is 19.5. The first kappa shape index (κ1) is 107. The van der Waals surface area contributed by atoms with Crippen LogP contribution in [-0.2, 0) is 92.5 Å². The number of aliphatic hydroxyl groups excluding tert-OH is 7. The molecule has 1 aliphatic rings. The van der Waals surface area contributed by atoms with Crippen molar-refractivity contribution in [2.45, 2.75) is 251 Å². The number of nitrogens with zero attached hydrogens (tertiary/aromatic N) is 3. The molecule has 0 spiro atoms. The molecule has 686 valence electrons. The van der Waals surface area contributed by atoms with Gasteiger partial charge in [-0.25, -0.2) is 14.4 Å². The molecule has 41 nitrogen and oxygen atoms in total. The minimum Gasteiger partial charge on any atom is -0.464 e. The molecule has 1 aromatic carbocycles. The van der Waals surface area contributed by atoms with Crippen LogP contribution >= 0.6 is 0 Å². The molecule has 18 N–H and O–H groups in total. The summed E-state index contributed by atoms with van der Waals surface area (Å²) in [6.07, 6.45) is -13.9. The lowest BCUT2D eigenvalue weighted by Crippen LogP contribution is -2.59. The van der Waals surface area contributed by atoms with E-state index >= 15 is 0 Å². The van der Waals surface area contributed by atoms with Gasteiger partial charge in [0.25, 0.3) is 0 Å². The Bertz CT molecular complexity index is 3550. The monoisotopic (exact) mass is 1720 g/mol. The van der Waals surface area contributed by atoms with Crippen LogP contribution in [0.2, 0.25) is 0 Å². The second-order valence-corrected chi connectivity index (χ2v) is 33.0.